The monoisotopic (exact) mass is 413 g/mol. The third kappa shape index (κ3) is 18.7. The van der Waals surface area contributed by atoms with Gasteiger partial charge in [0.1, 0.15) is 6.04 Å². The van der Waals surface area contributed by atoms with Crippen molar-refractivity contribution in [3.8, 4) is 0 Å². The second-order valence-corrected chi connectivity index (χ2v) is 8.99. The molecule has 0 saturated carbocycles. The van der Waals surface area contributed by atoms with Crippen LogP contribution in [0.5, 0.6) is 0 Å². The topological polar surface area (TPSA) is 64.6 Å². The van der Waals surface area contributed by atoms with Crippen molar-refractivity contribution in [2.45, 2.75) is 111 Å². The SMILES string of the molecule is CCCCCCCCCCCCN[C@@H](CC(=O)OCC(C)C)C(=O)OCC(C)C. The molecule has 29 heavy (non-hydrogen) atoms. The van der Waals surface area contributed by atoms with Crippen LogP contribution in [0.4, 0.5) is 0 Å². The van der Waals surface area contributed by atoms with E-state index >= 15 is 0 Å². The average molecular weight is 414 g/mol. The molecule has 0 aliphatic carbocycles. The molecule has 0 aromatic carbocycles. The van der Waals surface area contributed by atoms with E-state index in [0.29, 0.717) is 13.2 Å². The van der Waals surface area contributed by atoms with Gasteiger partial charge in [-0.15, -0.1) is 0 Å². The van der Waals surface area contributed by atoms with Gasteiger partial charge in [-0.2, -0.15) is 0 Å². The van der Waals surface area contributed by atoms with Gasteiger partial charge in [0.05, 0.1) is 19.6 Å². The molecule has 0 spiro atoms. The molecular formula is C24H47NO4. The van der Waals surface area contributed by atoms with Crippen LogP contribution in [0.2, 0.25) is 0 Å². The van der Waals surface area contributed by atoms with Crippen molar-refractivity contribution in [3.05, 3.63) is 0 Å². The summed E-state index contributed by atoms with van der Waals surface area (Å²) in [7, 11) is 0. The van der Waals surface area contributed by atoms with Gasteiger partial charge in [0.2, 0.25) is 0 Å². The normalized spacial score (nSPS) is 12.4. The lowest BCUT2D eigenvalue weighted by atomic mass is 10.1. The Labute approximate surface area is 179 Å². The molecule has 0 fully saturated rings. The molecular weight excluding hydrogens is 366 g/mol. The summed E-state index contributed by atoms with van der Waals surface area (Å²) in [6.45, 7) is 11.7. The lowest BCUT2D eigenvalue weighted by Crippen LogP contribution is -2.41. The Balaban J connectivity index is 4.07. The molecule has 172 valence electrons. The van der Waals surface area contributed by atoms with E-state index in [4.69, 9.17) is 9.47 Å². The summed E-state index contributed by atoms with van der Waals surface area (Å²) < 4.78 is 10.6. The molecule has 0 aliphatic heterocycles. The molecule has 1 N–H and O–H groups in total. The molecule has 0 aromatic rings. The van der Waals surface area contributed by atoms with E-state index in [2.05, 4.69) is 12.2 Å². The number of carbonyl (C=O) groups is 2. The van der Waals surface area contributed by atoms with Gasteiger partial charge in [-0.05, 0) is 24.8 Å². The van der Waals surface area contributed by atoms with Crippen molar-refractivity contribution < 1.29 is 19.1 Å². The molecule has 0 rings (SSSR count). The zero-order chi connectivity index (χ0) is 21.9. The molecule has 0 radical (unpaired) electrons. The largest absolute Gasteiger partial charge is 0.465 e. The van der Waals surface area contributed by atoms with Crippen molar-refractivity contribution in [2.75, 3.05) is 19.8 Å². The maximum atomic E-state index is 12.3. The first kappa shape index (κ1) is 27.9. The van der Waals surface area contributed by atoms with Gasteiger partial charge in [-0.3, -0.25) is 9.59 Å². The smallest absolute Gasteiger partial charge is 0.323 e. The average Bonchev–Trinajstić information content (AvgIpc) is 2.67. The molecule has 0 unspecified atom stereocenters. The number of unbranched alkanes of at least 4 members (excludes halogenated alkanes) is 9. The quantitative estimate of drug-likeness (QED) is 0.219. The molecule has 0 bridgehead atoms. The molecule has 0 heterocycles. The van der Waals surface area contributed by atoms with Crippen molar-refractivity contribution >= 4 is 11.9 Å². The number of hydrogen-bond acceptors (Lipinski definition) is 5. The van der Waals surface area contributed by atoms with Crippen LogP contribution in [-0.2, 0) is 19.1 Å². The Morgan fingerprint density at radius 1 is 0.724 bits per heavy atom. The van der Waals surface area contributed by atoms with Gasteiger partial charge < -0.3 is 14.8 Å². The van der Waals surface area contributed by atoms with Gasteiger partial charge >= 0.3 is 11.9 Å². The fourth-order valence-corrected chi connectivity index (χ4v) is 2.96. The number of carbonyl (C=O) groups excluding carboxylic acids is 2. The van der Waals surface area contributed by atoms with E-state index < -0.39 is 6.04 Å². The van der Waals surface area contributed by atoms with Gasteiger partial charge in [0.25, 0.3) is 0 Å². The Bertz CT molecular complexity index is 410. The number of ether oxygens (including phenoxy) is 2. The van der Waals surface area contributed by atoms with E-state index in [9.17, 15) is 9.59 Å². The second-order valence-electron chi connectivity index (χ2n) is 8.99. The first-order valence-corrected chi connectivity index (χ1v) is 11.9. The summed E-state index contributed by atoms with van der Waals surface area (Å²) in [4.78, 5) is 24.4. The van der Waals surface area contributed by atoms with E-state index in [1.165, 1.54) is 51.4 Å². The molecule has 0 aromatic heterocycles. The number of esters is 2. The second kappa shape index (κ2) is 18.9. The van der Waals surface area contributed by atoms with Crippen LogP contribution in [0.3, 0.4) is 0 Å². The van der Waals surface area contributed by atoms with Gasteiger partial charge in [-0.1, -0.05) is 92.4 Å². The van der Waals surface area contributed by atoms with Crippen LogP contribution in [0.15, 0.2) is 0 Å². The minimum atomic E-state index is -0.619. The van der Waals surface area contributed by atoms with Gasteiger partial charge in [0, 0.05) is 0 Å². The van der Waals surface area contributed by atoms with Gasteiger partial charge in [0.15, 0.2) is 0 Å². The third-order valence-electron chi connectivity index (χ3n) is 4.71. The van der Waals surface area contributed by atoms with Crippen molar-refractivity contribution in [1.29, 1.82) is 0 Å². The minimum absolute atomic E-state index is 0.0292. The summed E-state index contributed by atoms with van der Waals surface area (Å²) in [6.07, 6.45) is 12.8. The zero-order valence-electron chi connectivity index (χ0n) is 19.8. The Hall–Kier alpha value is -1.10. The molecule has 5 heteroatoms. The zero-order valence-corrected chi connectivity index (χ0v) is 19.8. The van der Waals surface area contributed by atoms with Crippen LogP contribution in [0.25, 0.3) is 0 Å². The van der Waals surface area contributed by atoms with E-state index in [1.807, 2.05) is 27.7 Å². The lowest BCUT2D eigenvalue weighted by Gasteiger charge is -2.18. The number of rotatable bonds is 19. The predicted octanol–water partition coefficient (Wildman–Crippen LogP) is 5.65. The highest BCUT2D eigenvalue weighted by molar-refractivity contribution is 5.82. The summed E-state index contributed by atoms with van der Waals surface area (Å²) in [6, 6.07) is -0.619. The van der Waals surface area contributed by atoms with E-state index in [0.717, 1.165) is 19.4 Å². The summed E-state index contributed by atoms with van der Waals surface area (Å²) in [5.74, 6) is -0.146. The molecule has 0 saturated heterocycles. The Kier molecular flexibility index (Phi) is 18.2. The fraction of sp³-hybridized carbons (Fsp3) is 0.917. The third-order valence-corrected chi connectivity index (χ3v) is 4.71. The maximum absolute atomic E-state index is 12.3. The lowest BCUT2D eigenvalue weighted by molar-refractivity contribution is -0.154. The summed E-state index contributed by atoms with van der Waals surface area (Å²) >= 11 is 0. The summed E-state index contributed by atoms with van der Waals surface area (Å²) in [5.41, 5.74) is 0. The van der Waals surface area contributed by atoms with Crippen LogP contribution in [-0.4, -0.2) is 37.7 Å². The molecule has 1 atom stereocenters. The van der Waals surface area contributed by atoms with Crippen LogP contribution in [0, 0.1) is 11.8 Å². The number of hydrogen-bond donors (Lipinski definition) is 1. The van der Waals surface area contributed by atoms with Crippen molar-refractivity contribution in [3.63, 3.8) is 0 Å². The highest BCUT2D eigenvalue weighted by atomic mass is 16.5. The maximum Gasteiger partial charge on any atom is 0.323 e. The van der Waals surface area contributed by atoms with Gasteiger partial charge in [-0.25, -0.2) is 0 Å². The van der Waals surface area contributed by atoms with E-state index in [-0.39, 0.29) is 30.2 Å². The fourth-order valence-electron chi connectivity index (χ4n) is 2.96. The molecule has 0 amide bonds. The van der Waals surface area contributed by atoms with Crippen LogP contribution in [0.1, 0.15) is 105 Å². The highest BCUT2D eigenvalue weighted by Crippen LogP contribution is 2.10. The standard InChI is InChI=1S/C24H47NO4/c1-6-7-8-9-10-11-12-13-14-15-16-25-22(24(27)29-19-21(4)5)17-23(26)28-18-20(2)3/h20-22,25H,6-19H2,1-5H3/t22-/m0/s1. The number of nitrogens with one attached hydrogen (secondary N) is 1. The predicted molar refractivity (Wildman–Crippen MR) is 120 cm³/mol. The van der Waals surface area contributed by atoms with Crippen LogP contribution < -0.4 is 5.32 Å². The Morgan fingerprint density at radius 2 is 1.21 bits per heavy atom. The Morgan fingerprint density at radius 3 is 1.72 bits per heavy atom. The van der Waals surface area contributed by atoms with E-state index in [1.54, 1.807) is 0 Å². The van der Waals surface area contributed by atoms with Crippen LogP contribution >= 0.6 is 0 Å². The molecule has 5 nitrogen and oxygen atoms in total. The highest BCUT2D eigenvalue weighted by Gasteiger charge is 2.24. The first-order chi connectivity index (χ1) is 13.9. The van der Waals surface area contributed by atoms with Crippen molar-refractivity contribution in [1.82, 2.24) is 5.32 Å². The van der Waals surface area contributed by atoms with Crippen molar-refractivity contribution in [2.24, 2.45) is 11.8 Å². The molecule has 0 aliphatic rings. The summed E-state index contributed by atoms with van der Waals surface area (Å²) in [5, 5.41) is 3.21. The minimum Gasteiger partial charge on any atom is -0.465 e. The first-order valence-electron chi connectivity index (χ1n) is 11.9.